The molecule has 124 valence electrons. The lowest BCUT2D eigenvalue weighted by Gasteiger charge is -2.15. The first-order valence-electron chi connectivity index (χ1n) is 7.40. The van der Waals surface area contributed by atoms with E-state index in [1.807, 2.05) is 30.3 Å². The summed E-state index contributed by atoms with van der Waals surface area (Å²) in [6, 6.07) is 9.26. The summed E-state index contributed by atoms with van der Waals surface area (Å²) in [7, 11) is 2.43. The Morgan fingerprint density at radius 1 is 1.08 bits per heavy atom. The van der Waals surface area contributed by atoms with Gasteiger partial charge in [-0.05, 0) is 0 Å². The second kappa shape index (κ2) is 6.66. The fourth-order valence-corrected chi connectivity index (χ4v) is 2.59. The van der Waals surface area contributed by atoms with Gasteiger partial charge in [0.1, 0.15) is 0 Å². The molecule has 0 saturated carbocycles. The van der Waals surface area contributed by atoms with Crippen molar-refractivity contribution >= 4 is 11.9 Å². The molecule has 24 heavy (non-hydrogen) atoms. The van der Waals surface area contributed by atoms with E-state index in [9.17, 15) is 9.59 Å². The van der Waals surface area contributed by atoms with Crippen molar-refractivity contribution in [3.05, 3.63) is 41.6 Å². The molecule has 0 amide bonds. The Kier molecular flexibility index (Phi) is 4.41. The maximum Gasteiger partial charge on any atom is 0.326 e. The maximum atomic E-state index is 12.1. The molecule has 1 aliphatic rings. The van der Waals surface area contributed by atoms with Gasteiger partial charge >= 0.3 is 11.9 Å². The zero-order valence-corrected chi connectivity index (χ0v) is 13.3. The van der Waals surface area contributed by atoms with Crippen molar-refractivity contribution in [2.24, 2.45) is 0 Å². The van der Waals surface area contributed by atoms with E-state index in [1.165, 1.54) is 14.2 Å². The van der Waals surface area contributed by atoms with Gasteiger partial charge in [0, 0.05) is 17.5 Å². The monoisotopic (exact) mass is 328 g/mol. The molecule has 0 bridgehead atoms. The predicted octanol–water partition coefficient (Wildman–Crippen LogP) is 1.51. The molecule has 3 rings (SSSR count). The van der Waals surface area contributed by atoms with Gasteiger partial charge in [0.2, 0.25) is 5.88 Å². The Balaban J connectivity index is 2.17. The lowest BCUT2D eigenvalue weighted by Crippen LogP contribution is -2.26. The van der Waals surface area contributed by atoms with Crippen molar-refractivity contribution in [2.75, 3.05) is 20.8 Å². The molecular formula is C17H16N2O5. The Morgan fingerprint density at radius 3 is 2.38 bits per heavy atom. The van der Waals surface area contributed by atoms with Gasteiger partial charge in [-0.15, -0.1) is 0 Å². The number of hydrogen-bond acceptors (Lipinski definition) is 7. The lowest BCUT2D eigenvalue weighted by molar-refractivity contribution is -0.154. The number of nitrogens with zero attached hydrogens (tertiary/aromatic N) is 2. The topological polar surface area (TPSA) is 87.6 Å². The van der Waals surface area contributed by atoms with Crippen LogP contribution in [0.4, 0.5) is 0 Å². The van der Waals surface area contributed by atoms with Crippen LogP contribution in [0.15, 0.2) is 30.3 Å². The molecule has 1 aromatic carbocycles. The summed E-state index contributed by atoms with van der Waals surface area (Å²) in [6.07, 6.45) is 0.518. The second-order valence-electron chi connectivity index (χ2n) is 5.16. The SMILES string of the molecule is COC(=O)C(C(=O)OC)c1nc(-c2ccccc2)nc2c1CCO2. The smallest absolute Gasteiger partial charge is 0.326 e. The van der Waals surface area contributed by atoms with Gasteiger partial charge in [-0.1, -0.05) is 30.3 Å². The quantitative estimate of drug-likeness (QED) is 0.621. The van der Waals surface area contributed by atoms with Crippen LogP contribution in [0.25, 0.3) is 11.4 Å². The fourth-order valence-electron chi connectivity index (χ4n) is 2.59. The highest BCUT2D eigenvalue weighted by Crippen LogP contribution is 2.33. The van der Waals surface area contributed by atoms with Crippen LogP contribution in [0.5, 0.6) is 5.88 Å². The van der Waals surface area contributed by atoms with Crippen LogP contribution >= 0.6 is 0 Å². The van der Waals surface area contributed by atoms with Crippen LogP contribution in [0.1, 0.15) is 17.2 Å². The molecule has 7 nitrogen and oxygen atoms in total. The lowest BCUT2D eigenvalue weighted by atomic mass is 9.99. The molecule has 0 spiro atoms. The third-order valence-corrected chi connectivity index (χ3v) is 3.77. The van der Waals surface area contributed by atoms with Gasteiger partial charge in [0.15, 0.2) is 11.7 Å². The highest BCUT2D eigenvalue weighted by molar-refractivity contribution is 6.00. The zero-order valence-electron chi connectivity index (χ0n) is 13.3. The van der Waals surface area contributed by atoms with E-state index < -0.39 is 17.9 Å². The van der Waals surface area contributed by atoms with E-state index in [0.29, 0.717) is 30.3 Å². The normalized spacial score (nSPS) is 12.5. The molecule has 0 atom stereocenters. The number of hydrogen-bond donors (Lipinski definition) is 0. The summed E-state index contributed by atoms with van der Waals surface area (Å²) >= 11 is 0. The molecule has 0 unspecified atom stereocenters. The average Bonchev–Trinajstić information content (AvgIpc) is 3.10. The van der Waals surface area contributed by atoms with E-state index in [1.54, 1.807) is 0 Å². The van der Waals surface area contributed by atoms with Gasteiger partial charge in [-0.25, -0.2) is 4.98 Å². The first-order valence-corrected chi connectivity index (χ1v) is 7.40. The summed E-state index contributed by atoms with van der Waals surface area (Å²) in [4.78, 5) is 33.1. The third kappa shape index (κ3) is 2.80. The van der Waals surface area contributed by atoms with E-state index >= 15 is 0 Å². The maximum absolute atomic E-state index is 12.1. The molecule has 1 aromatic heterocycles. The minimum Gasteiger partial charge on any atom is -0.477 e. The molecular weight excluding hydrogens is 312 g/mol. The van der Waals surface area contributed by atoms with Crippen LogP contribution < -0.4 is 4.74 Å². The molecule has 2 aromatic rings. The minimum absolute atomic E-state index is 0.273. The van der Waals surface area contributed by atoms with E-state index in [0.717, 1.165) is 5.56 Å². The van der Waals surface area contributed by atoms with Gasteiger partial charge in [-0.3, -0.25) is 9.59 Å². The number of ether oxygens (including phenoxy) is 3. The van der Waals surface area contributed by atoms with Gasteiger partial charge < -0.3 is 14.2 Å². The number of esters is 2. The Hall–Kier alpha value is -2.96. The van der Waals surface area contributed by atoms with Gasteiger partial charge in [0.25, 0.3) is 0 Å². The third-order valence-electron chi connectivity index (χ3n) is 3.77. The standard InChI is InChI=1S/C17H16N2O5/c1-22-16(20)12(17(21)23-2)13-11-8-9-24-15(11)19-14(18-13)10-6-4-3-5-7-10/h3-7,12H,8-9H2,1-2H3. The van der Waals surface area contributed by atoms with Crippen LogP contribution in [0, 0.1) is 0 Å². The molecule has 0 N–H and O–H groups in total. The zero-order chi connectivity index (χ0) is 17.1. The largest absolute Gasteiger partial charge is 0.477 e. The number of rotatable bonds is 4. The summed E-state index contributed by atoms with van der Waals surface area (Å²) in [5.41, 5.74) is 1.66. The second-order valence-corrected chi connectivity index (χ2v) is 5.16. The van der Waals surface area contributed by atoms with Crippen LogP contribution in [0.3, 0.4) is 0 Å². The molecule has 2 heterocycles. The average molecular weight is 328 g/mol. The number of carbonyl (C=O) groups is 2. The van der Waals surface area contributed by atoms with Crippen molar-refractivity contribution in [3.8, 4) is 17.3 Å². The summed E-state index contributed by atoms with van der Waals surface area (Å²) < 4.78 is 15.0. The van der Waals surface area contributed by atoms with Crippen LogP contribution in [-0.4, -0.2) is 42.7 Å². The minimum atomic E-state index is -1.26. The Morgan fingerprint density at radius 2 is 1.75 bits per heavy atom. The Labute approximate surface area is 138 Å². The predicted molar refractivity (Wildman–Crippen MR) is 83.4 cm³/mol. The summed E-state index contributed by atoms with van der Waals surface area (Å²) in [5, 5.41) is 0. The van der Waals surface area contributed by atoms with Crippen molar-refractivity contribution in [1.82, 2.24) is 9.97 Å². The molecule has 0 aliphatic carbocycles. The van der Waals surface area contributed by atoms with Crippen molar-refractivity contribution < 1.29 is 23.8 Å². The summed E-state index contributed by atoms with van der Waals surface area (Å²) in [6.45, 7) is 0.421. The highest BCUT2D eigenvalue weighted by atomic mass is 16.5. The van der Waals surface area contributed by atoms with Gasteiger partial charge in [-0.2, -0.15) is 4.98 Å². The molecule has 7 heteroatoms. The number of fused-ring (bicyclic) bond motifs is 1. The number of methoxy groups -OCH3 is 2. The first-order chi connectivity index (χ1) is 11.7. The number of carbonyl (C=O) groups excluding carboxylic acids is 2. The molecule has 0 saturated heterocycles. The van der Waals surface area contributed by atoms with E-state index in [-0.39, 0.29) is 5.69 Å². The first kappa shape index (κ1) is 15.9. The number of benzene rings is 1. The molecule has 0 radical (unpaired) electrons. The fraction of sp³-hybridized carbons (Fsp3) is 0.294. The van der Waals surface area contributed by atoms with Crippen molar-refractivity contribution in [3.63, 3.8) is 0 Å². The van der Waals surface area contributed by atoms with Gasteiger partial charge in [0.05, 0.1) is 26.5 Å². The Bertz CT molecular complexity index is 760. The van der Waals surface area contributed by atoms with Crippen molar-refractivity contribution in [1.29, 1.82) is 0 Å². The molecule has 0 fully saturated rings. The van der Waals surface area contributed by atoms with Crippen LogP contribution in [-0.2, 0) is 25.5 Å². The molecule has 1 aliphatic heterocycles. The van der Waals surface area contributed by atoms with E-state index in [2.05, 4.69) is 9.97 Å². The van der Waals surface area contributed by atoms with Crippen LogP contribution in [0.2, 0.25) is 0 Å². The summed E-state index contributed by atoms with van der Waals surface area (Å²) in [5.74, 6) is -1.95. The number of aromatic nitrogens is 2. The highest BCUT2D eigenvalue weighted by Gasteiger charge is 2.37. The van der Waals surface area contributed by atoms with E-state index in [4.69, 9.17) is 14.2 Å². The van der Waals surface area contributed by atoms with Crippen molar-refractivity contribution in [2.45, 2.75) is 12.3 Å².